The third-order valence-electron chi connectivity index (χ3n) is 2.63. The maximum Gasteiger partial charge on any atom is 0.133 e. The molecule has 2 atom stereocenters. The Bertz CT molecular complexity index is 322. The molecule has 76 valence electrons. The van der Waals surface area contributed by atoms with Gasteiger partial charge in [0.1, 0.15) is 11.6 Å². The van der Waals surface area contributed by atoms with Crippen molar-refractivity contribution in [1.29, 1.82) is 0 Å². The van der Waals surface area contributed by atoms with Crippen LogP contribution in [0.3, 0.4) is 0 Å². The first-order valence-electron chi connectivity index (χ1n) is 5.26. The first-order chi connectivity index (χ1) is 6.66. The average Bonchev–Trinajstić information content (AvgIpc) is 2.82. The minimum atomic E-state index is 0.397. The molecule has 0 spiro atoms. The number of anilines is 1. The molecule has 1 fully saturated rings. The Hall–Kier alpha value is -1.12. The summed E-state index contributed by atoms with van der Waals surface area (Å²) in [7, 11) is 0. The van der Waals surface area contributed by atoms with Gasteiger partial charge in [0.25, 0.3) is 0 Å². The Morgan fingerprint density at radius 2 is 2.21 bits per heavy atom. The van der Waals surface area contributed by atoms with Crippen molar-refractivity contribution in [3.05, 3.63) is 18.1 Å². The molecule has 1 aliphatic carbocycles. The van der Waals surface area contributed by atoms with Gasteiger partial charge in [-0.3, -0.25) is 0 Å². The van der Waals surface area contributed by atoms with E-state index in [2.05, 4.69) is 36.1 Å². The lowest BCUT2D eigenvalue weighted by molar-refractivity contribution is 0.773. The number of hydrogen-bond acceptors (Lipinski definition) is 3. The second-order valence-corrected chi connectivity index (χ2v) is 4.42. The van der Waals surface area contributed by atoms with E-state index < -0.39 is 0 Å². The highest BCUT2D eigenvalue weighted by Crippen LogP contribution is 2.32. The lowest BCUT2D eigenvalue weighted by Gasteiger charge is -2.07. The minimum absolute atomic E-state index is 0.397. The van der Waals surface area contributed by atoms with Crippen molar-refractivity contribution < 1.29 is 0 Å². The van der Waals surface area contributed by atoms with Crippen LogP contribution in [0.4, 0.5) is 5.82 Å². The molecule has 1 aliphatic rings. The molecular formula is C11H17N3. The summed E-state index contributed by atoms with van der Waals surface area (Å²) >= 11 is 0. The van der Waals surface area contributed by atoms with Gasteiger partial charge in [0.15, 0.2) is 0 Å². The zero-order valence-corrected chi connectivity index (χ0v) is 8.99. The van der Waals surface area contributed by atoms with Gasteiger partial charge in [0.05, 0.1) is 0 Å². The Kier molecular flexibility index (Phi) is 2.40. The summed E-state index contributed by atoms with van der Waals surface area (Å²) in [6.45, 7) is 6.47. The fraction of sp³-hybridized carbons (Fsp3) is 0.636. The molecule has 1 saturated carbocycles. The van der Waals surface area contributed by atoms with Crippen LogP contribution >= 0.6 is 0 Å². The van der Waals surface area contributed by atoms with Gasteiger partial charge in [0, 0.05) is 18.2 Å². The summed E-state index contributed by atoms with van der Waals surface area (Å²) in [6.07, 6.45) is 3.10. The molecule has 1 heterocycles. The molecule has 1 N–H and O–H groups in total. The standard InChI is InChI=1S/C11H17N3/c1-7(2)11-12-5-4-10(14-11)13-9-6-8(9)3/h4-5,7-9H,6H2,1-3H3,(H,12,13,14)/t8-,9-/m1/s1. The number of rotatable bonds is 3. The number of nitrogens with one attached hydrogen (secondary N) is 1. The fourth-order valence-corrected chi connectivity index (χ4v) is 1.45. The molecule has 3 nitrogen and oxygen atoms in total. The van der Waals surface area contributed by atoms with Crippen LogP contribution in [0, 0.1) is 5.92 Å². The van der Waals surface area contributed by atoms with Crippen LogP contribution in [0.15, 0.2) is 12.3 Å². The van der Waals surface area contributed by atoms with Gasteiger partial charge < -0.3 is 5.32 Å². The summed E-state index contributed by atoms with van der Waals surface area (Å²) in [5.74, 6) is 3.09. The largest absolute Gasteiger partial charge is 0.367 e. The van der Waals surface area contributed by atoms with E-state index in [1.54, 1.807) is 0 Å². The summed E-state index contributed by atoms with van der Waals surface area (Å²) in [4.78, 5) is 8.70. The molecule has 0 saturated heterocycles. The van der Waals surface area contributed by atoms with Crippen LogP contribution < -0.4 is 5.32 Å². The van der Waals surface area contributed by atoms with Crippen molar-refractivity contribution in [2.75, 3.05) is 5.32 Å². The first kappa shape index (κ1) is 9.44. The Labute approximate surface area is 85.0 Å². The van der Waals surface area contributed by atoms with E-state index in [1.165, 1.54) is 6.42 Å². The molecule has 0 aromatic carbocycles. The number of aromatic nitrogens is 2. The summed E-state index contributed by atoms with van der Waals surface area (Å²) in [6, 6.07) is 2.57. The first-order valence-corrected chi connectivity index (χ1v) is 5.26. The molecule has 3 heteroatoms. The molecule has 0 amide bonds. The maximum absolute atomic E-state index is 4.46. The lowest BCUT2D eigenvalue weighted by atomic mass is 10.2. The fourth-order valence-electron chi connectivity index (χ4n) is 1.45. The molecule has 2 rings (SSSR count). The van der Waals surface area contributed by atoms with Gasteiger partial charge in [-0.05, 0) is 18.4 Å². The van der Waals surface area contributed by atoms with E-state index in [0.717, 1.165) is 17.6 Å². The lowest BCUT2D eigenvalue weighted by Crippen LogP contribution is -2.07. The zero-order valence-electron chi connectivity index (χ0n) is 8.99. The molecule has 0 unspecified atom stereocenters. The summed E-state index contributed by atoms with van der Waals surface area (Å²) in [5.41, 5.74) is 0. The van der Waals surface area contributed by atoms with Crippen LogP contribution in [0.25, 0.3) is 0 Å². The minimum Gasteiger partial charge on any atom is -0.367 e. The predicted octanol–water partition coefficient (Wildman–Crippen LogP) is 2.42. The second-order valence-electron chi connectivity index (χ2n) is 4.42. The predicted molar refractivity (Wildman–Crippen MR) is 57.3 cm³/mol. The third kappa shape index (κ3) is 2.03. The normalized spacial score (nSPS) is 25.1. The number of hydrogen-bond donors (Lipinski definition) is 1. The molecule has 0 bridgehead atoms. The van der Waals surface area contributed by atoms with Gasteiger partial charge in [-0.1, -0.05) is 20.8 Å². The summed E-state index contributed by atoms with van der Waals surface area (Å²) in [5, 5.41) is 3.41. The van der Waals surface area contributed by atoms with E-state index in [9.17, 15) is 0 Å². The molecule has 1 aromatic heterocycles. The van der Waals surface area contributed by atoms with Crippen LogP contribution in [0.1, 0.15) is 38.9 Å². The highest BCUT2D eigenvalue weighted by Gasteiger charge is 2.32. The van der Waals surface area contributed by atoms with Crippen molar-refractivity contribution in [1.82, 2.24) is 9.97 Å². The van der Waals surface area contributed by atoms with E-state index in [0.29, 0.717) is 12.0 Å². The van der Waals surface area contributed by atoms with E-state index in [-0.39, 0.29) is 0 Å². The molecule has 0 radical (unpaired) electrons. The Balaban J connectivity index is 2.06. The van der Waals surface area contributed by atoms with Crippen molar-refractivity contribution in [3.8, 4) is 0 Å². The van der Waals surface area contributed by atoms with Gasteiger partial charge in [0.2, 0.25) is 0 Å². The van der Waals surface area contributed by atoms with Crippen LogP contribution in [0.5, 0.6) is 0 Å². The van der Waals surface area contributed by atoms with Crippen molar-refractivity contribution in [2.45, 2.75) is 39.2 Å². The average molecular weight is 191 g/mol. The third-order valence-corrected chi connectivity index (χ3v) is 2.63. The van der Waals surface area contributed by atoms with E-state index >= 15 is 0 Å². The SMILES string of the molecule is CC(C)c1nccc(N[C@@H]2C[C@H]2C)n1. The molecular weight excluding hydrogens is 174 g/mol. The number of nitrogens with zero attached hydrogens (tertiary/aromatic N) is 2. The molecule has 1 aromatic rings. The van der Waals surface area contributed by atoms with Crippen LogP contribution in [-0.2, 0) is 0 Å². The van der Waals surface area contributed by atoms with E-state index in [1.807, 2.05) is 12.3 Å². The quantitative estimate of drug-likeness (QED) is 0.797. The van der Waals surface area contributed by atoms with Crippen LogP contribution in [0.2, 0.25) is 0 Å². The molecule has 14 heavy (non-hydrogen) atoms. The zero-order chi connectivity index (χ0) is 10.1. The van der Waals surface area contributed by atoms with Crippen molar-refractivity contribution >= 4 is 5.82 Å². The van der Waals surface area contributed by atoms with Gasteiger partial charge in [-0.15, -0.1) is 0 Å². The van der Waals surface area contributed by atoms with Gasteiger partial charge in [-0.2, -0.15) is 0 Å². The van der Waals surface area contributed by atoms with E-state index in [4.69, 9.17) is 0 Å². The van der Waals surface area contributed by atoms with Gasteiger partial charge >= 0.3 is 0 Å². The maximum atomic E-state index is 4.46. The smallest absolute Gasteiger partial charge is 0.133 e. The highest BCUT2D eigenvalue weighted by molar-refractivity contribution is 5.36. The Morgan fingerprint density at radius 3 is 2.79 bits per heavy atom. The van der Waals surface area contributed by atoms with Crippen molar-refractivity contribution in [2.24, 2.45) is 5.92 Å². The monoisotopic (exact) mass is 191 g/mol. The molecule has 0 aliphatic heterocycles. The second kappa shape index (κ2) is 3.56. The summed E-state index contributed by atoms with van der Waals surface area (Å²) < 4.78 is 0. The van der Waals surface area contributed by atoms with Gasteiger partial charge in [-0.25, -0.2) is 9.97 Å². The van der Waals surface area contributed by atoms with Crippen LogP contribution in [-0.4, -0.2) is 16.0 Å². The Morgan fingerprint density at radius 1 is 1.50 bits per heavy atom. The van der Waals surface area contributed by atoms with Crippen molar-refractivity contribution in [3.63, 3.8) is 0 Å². The topological polar surface area (TPSA) is 37.8 Å². The highest BCUT2D eigenvalue weighted by atomic mass is 15.1.